The van der Waals surface area contributed by atoms with Crippen LogP contribution in [0.2, 0.25) is 0 Å². The molecule has 0 atom stereocenters. The summed E-state index contributed by atoms with van der Waals surface area (Å²) in [7, 11) is 3.44. The molecule has 19 heavy (non-hydrogen) atoms. The Bertz CT molecular complexity index is 450. The van der Waals surface area contributed by atoms with E-state index in [-0.39, 0.29) is 11.3 Å². The highest BCUT2D eigenvalue weighted by Gasteiger charge is 2.48. The Morgan fingerprint density at radius 2 is 2.00 bits per heavy atom. The maximum Gasteiger partial charge on any atom is 0.234 e. The molecule has 104 valence electrons. The summed E-state index contributed by atoms with van der Waals surface area (Å²) in [6.45, 7) is 2.59. The second-order valence-corrected chi connectivity index (χ2v) is 5.56. The molecule has 1 aliphatic carbocycles. The van der Waals surface area contributed by atoms with Crippen molar-refractivity contribution in [1.82, 2.24) is 0 Å². The third-order valence-corrected chi connectivity index (χ3v) is 4.09. The van der Waals surface area contributed by atoms with E-state index in [0.29, 0.717) is 12.5 Å². The van der Waals surface area contributed by atoms with Crippen LogP contribution < -0.4 is 15.4 Å². The van der Waals surface area contributed by atoms with Crippen LogP contribution in [0, 0.1) is 11.3 Å². The number of ether oxygens (including phenoxy) is 1. The van der Waals surface area contributed by atoms with E-state index in [9.17, 15) is 4.79 Å². The first-order valence-corrected chi connectivity index (χ1v) is 6.65. The van der Waals surface area contributed by atoms with Crippen molar-refractivity contribution in [3.05, 3.63) is 24.3 Å². The van der Waals surface area contributed by atoms with Crippen molar-refractivity contribution < 1.29 is 9.53 Å². The van der Waals surface area contributed by atoms with Gasteiger partial charge >= 0.3 is 0 Å². The van der Waals surface area contributed by atoms with Crippen molar-refractivity contribution in [2.45, 2.75) is 19.8 Å². The van der Waals surface area contributed by atoms with E-state index in [1.807, 2.05) is 31.3 Å². The Morgan fingerprint density at radius 1 is 1.42 bits per heavy atom. The van der Waals surface area contributed by atoms with Gasteiger partial charge in [0.15, 0.2) is 0 Å². The van der Waals surface area contributed by atoms with Crippen molar-refractivity contribution in [2.75, 3.05) is 25.6 Å². The number of benzene rings is 1. The normalized spacial score (nSPS) is 25.6. The first kappa shape index (κ1) is 13.9. The Labute approximate surface area is 114 Å². The van der Waals surface area contributed by atoms with Gasteiger partial charge in [0.1, 0.15) is 5.75 Å². The maximum atomic E-state index is 12.6. The third-order valence-electron chi connectivity index (χ3n) is 4.09. The van der Waals surface area contributed by atoms with Crippen LogP contribution >= 0.6 is 0 Å². The second-order valence-electron chi connectivity index (χ2n) is 5.56. The molecule has 1 aromatic rings. The molecule has 0 spiro atoms. The zero-order valence-corrected chi connectivity index (χ0v) is 11.8. The molecule has 0 heterocycles. The lowest BCUT2D eigenvalue weighted by Crippen LogP contribution is -2.53. The van der Waals surface area contributed by atoms with Crippen molar-refractivity contribution in [3.63, 3.8) is 0 Å². The summed E-state index contributed by atoms with van der Waals surface area (Å²) in [6, 6.07) is 7.50. The zero-order chi connectivity index (χ0) is 14.0. The molecule has 2 N–H and O–H groups in total. The van der Waals surface area contributed by atoms with Gasteiger partial charge in [0, 0.05) is 19.3 Å². The fourth-order valence-corrected chi connectivity index (χ4v) is 2.98. The molecule has 1 fully saturated rings. The van der Waals surface area contributed by atoms with Crippen molar-refractivity contribution in [2.24, 2.45) is 17.1 Å². The van der Waals surface area contributed by atoms with Crippen molar-refractivity contribution >= 4 is 11.6 Å². The van der Waals surface area contributed by atoms with Gasteiger partial charge in [-0.25, -0.2) is 0 Å². The summed E-state index contributed by atoms with van der Waals surface area (Å²) in [5.41, 5.74) is 6.35. The lowest BCUT2D eigenvalue weighted by Gasteiger charge is -2.46. The van der Waals surface area contributed by atoms with Crippen LogP contribution in [0.4, 0.5) is 5.69 Å². The largest absolute Gasteiger partial charge is 0.497 e. The van der Waals surface area contributed by atoms with Gasteiger partial charge in [0.05, 0.1) is 12.5 Å². The van der Waals surface area contributed by atoms with E-state index >= 15 is 0 Å². The van der Waals surface area contributed by atoms with Gasteiger partial charge in [-0.15, -0.1) is 0 Å². The van der Waals surface area contributed by atoms with Crippen LogP contribution in [0.15, 0.2) is 24.3 Å². The van der Waals surface area contributed by atoms with E-state index in [2.05, 4.69) is 6.92 Å². The molecule has 1 amide bonds. The molecule has 0 bridgehead atoms. The topological polar surface area (TPSA) is 55.6 Å². The number of hydrogen-bond acceptors (Lipinski definition) is 3. The van der Waals surface area contributed by atoms with Gasteiger partial charge in [-0.2, -0.15) is 0 Å². The standard InChI is InChI=1S/C15H22N2O2/c1-11-8-15(9-11,10-16)14(18)17(2)12-4-6-13(19-3)7-5-12/h4-7,11H,8-10,16H2,1-3H3. The fraction of sp³-hybridized carbons (Fsp3) is 0.533. The number of rotatable bonds is 4. The van der Waals surface area contributed by atoms with Crippen LogP contribution in [-0.2, 0) is 4.79 Å². The zero-order valence-electron chi connectivity index (χ0n) is 11.8. The number of amides is 1. The van der Waals surface area contributed by atoms with Crippen molar-refractivity contribution in [3.8, 4) is 5.75 Å². The van der Waals surface area contributed by atoms with Crippen molar-refractivity contribution in [1.29, 1.82) is 0 Å². The minimum Gasteiger partial charge on any atom is -0.497 e. The molecule has 1 aromatic carbocycles. The van der Waals surface area contributed by atoms with E-state index in [0.717, 1.165) is 24.3 Å². The SMILES string of the molecule is COc1ccc(N(C)C(=O)C2(CN)CC(C)C2)cc1. The molecule has 4 nitrogen and oxygen atoms in total. The van der Waals surface area contributed by atoms with Gasteiger partial charge in [-0.05, 0) is 43.0 Å². The minimum atomic E-state index is -0.353. The molecule has 1 saturated carbocycles. The second kappa shape index (κ2) is 5.21. The number of nitrogens with zero attached hydrogens (tertiary/aromatic N) is 1. The molecule has 0 saturated heterocycles. The number of nitrogens with two attached hydrogens (primary N) is 1. The average Bonchev–Trinajstić information content (AvgIpc) is 2.42. The van der Waals surface area contributed by atoms with Crippen LogP contribution in [-0.4, -0.2) is 26.6 Å². The summed E-state index contributed by atoms with van der Waals surface area (Å²) < 4.78 is 5.12. The highest BCUT2D eigenvalue weighted by molar-refractivity contribution is 5.98. The van der Waals surface area contributed by atoms with Gasteiger partial charge < -0.3 is 15.4 Å². The quantitative estimate of drug-likeness (QED) is 0.903. The summed E-state index contributed by atoms with van der Waals surface area (Å²) in [4.78, 5) is 14.3. The van der Waals surface area contributed by atoms with Crippen LogP contribution in [0.5, 0.6) is 5.75 Å². The molecule has 2 rings (SSSR count). The van der Waals surface area contributed by atoms with Crippen LogP contribution in [0.1, 0.15) is 19.8 Å². The summed E-state index contributed by atoms with van der Waals surface area (Å²) in [5.74, 6) is 1.51. The van der Waals surface area contributed by atoms with E-state index in [1.54, 1.807) is 12.0 Å². The molecule has 1 aliphatic rings. The number of anilines is 1. The Morgan fingerprint density at radius 3 is 2.42 bits per heavy atom. The highest BCUT2D eigenvalue weighted by Crippen LogP contribution is 2.46. The highest BCUT2D eigenvalue weighted by atomic mass is 16.5. The Hall–Kier alpha value is -1.55. The lowest BCUT2D eigenvalue weighted by atomic mass is 9.62. The monoisotopic (exact) mass is 262 g/mol. The molecule has 0 aromatic heterocycles. The minimum absolute atomic E-state index is 0.123. The first-order chi connectivity index (χ1) is 9.02. The molecule has 0 radical (unpaired) electrons. The summed E-state index contributed by atoms with van der Waals surface area (Å²) >= 11 is 0. The smallest absolute Gasteiger partial charge is 0.234 e. The Balaban J connectivity index is 2.14. The van der Waals surface area contributed by atoms with Crippen LogP contribution in [0.3, 0.4) is 0 Å². The molecule has 4 heteroatoms. The van der Waals surface area contributed by atoms with Gasteiger partial charge in [-0.3, -0.25) is 4.79 Å². The lowest BCUT2D eigenvalue weighted by molar-refractivity contribution is -0.134. The molecule has 0 unspecified atom stereocenters. The van der Waals surface area contributed by atoms with Gasteiger partial charge in [0.25, 0.3) is 0 Å². The molecular formula is C15H22N2O2. The summed E-state index contributed by atoms with van der Waals surface area (Å²) in [6.07, 6.45) is 1.78. The van der Waals surface area contributed by atoms with E-state index < -0.39 is 0 Å². The molecule has 0 aliphatic heterocycles. The number of methoxy groups -OCH3 is 1. The first-order valence-electron chi connectivity index (χ1n) is 6.65. The molecular weight excluding hydrogens is 240 g/mol. The van der Waals surface area contributed by atoms with Gasteiger partial charge in [0.2, 0.25) is 5.91 Å². The average molecular weight is 262 g/mol. The van der Waals surface area contributed by atoms with Gasteiger partial charge in [-0.1, -0.05) is 6.92 Å². The Kier molecular flexibility index (Phi) is 3.80. The number of carbonyl (C=O) groups excluding carboxylic acids is 1. The predicted octanol–water partition coefficient (Wildman–Crippen LogP) is 2.03. The fourth-order valence-electron chi connectivity index (χ4n) is 2.98. The number of carbonyl (C=O) groups is 1. The number of hydrogen-bond donors (Lipinski definition) is 1. The van der Waals surface area contributed by atoms with E-state index in [4.69, 9.17) is 10.5 Å². The maximum absolute atomic E-state index is 12.6. The van der Waals surface area contributed by atoms with E-state index in [1.165, 1.54) is 0 Å². The third kappa shape index (κ3) is 2.45. The predicted molar refractivity (Wildman–Crippen MR) is 76.3 cm³/mol. The van der Waals surface area contributed by atoms with Crippen LogP contribution in [0.25, 0.3) is 0 Å². The summed E-state index contributed by atoms with van der Waals surface area (Å²) in [5, 5.41) is 0.